The number of nitrogens with one attached hydrogen (secondary N) is 1. The van der Waals surface area contributed by atoms with Crippen LogP contribution in [-0.2, 0) is 25.6 Å². The van der Waals surface area contributed by atoms with Gasteiger partial charge >= 0.3 is 11.9 Å². The van der Waals surface area contributed by atoms with E-state index in [1.54, 1.807) is 0 Å². The largest absolute Gasteiger partial charge is 0.469 e. The first-order valence-corrected chi connectivity index (χ1v) is 10.1. The highest BCUT2D eigenvalue weighted by Crippen LogP contribution is 2.50. The minimum absolute atomic E-state index is 0.332. The summed E-state index contributed by atoms with van der Waals surface area (Å²) >= 11 is 0. The fourth-order valence-electron chi connectivity index (χ4n) is 4.43. The van der Waals surface area contributed by atoms with E-state index in [2.05, 4.69) is 5.32 Å². The monoisotopic (exact) mass is 407 g/mol. The summed E-state index contributed by atoms with van der Waals surface area (Å²) in [7, 11) is 2.77. The number of esters is 2. The Hall–Kier alpha value is -3.08. The van der Waals surface area contributed by atoms with Crippen molar-refractivity contribution in [2.45, 2.75) is 26.3 Å². The molecule has 0 aromatic heterocycles. The van der Waals surface area contributed by atoms with E-state index in [1.165, 1.54) is 14.2 Å². The van der Waals surface area contributed by atoms with Gasteiger partial charge in [0.1, 0.15) is 5.92 Å². The molecule has 5 heteroatoms. The van der Waals surface area contributed by atoms with Gasteiger partial charge in [-0.1, -0.05) is 80.6 Å². The van der Waals surface area contributed by atoms with E-state index in [0.717, 1.165) is 16.8 Å². The van der Waals surface area contributed by atoms with Crippen LogP contribution in [-0.4, -0.2) is 26.2 Å². The number of carbonyl (C=O) groups excluding carboxylic acids is 2. The highest BCUT2D eigenvalue weighted by atomic mass is 16.5. The number of rotatable bonds is 6. The number of hydrogen-bond acceptors (Lipinski definition) is 5. The van der Waals surface area contributed by atoms with Crippen LogP contribution in [0.15, 0.2) is 72.4 Å². The number of ether oxygens (including phenoxy) is 2. The second kappa shape index (κ2) is 9.16. The lowest BCUT2D eigenvalue weighted by atomic mass is 9.60. The molecule has 0 spiro atoms. The standard InChI is InChI=1S/C25H29NO4/c1-25(2)15-19(26-16-17-11-7-5-8-12-17)21(23(27)29-3)20(22(25)24(28)30-4)18-13-9-6-10-14-18/h5-15,20-22,26H,16H2,1-4H3. The highest BCUT2D eigenvalue weighted by Gasteiger charge is 2.52. The van der Waals surface area contributed by atoms with Crippen LogP contribution in [0, 0.1) is 17.3 Å². The predicted octanol–water partition coefficient (Wildman–Crippen LogP) is 4.06. The normalized spacial score (nSPS) is 22.5. The topological polar surface area (TPSA) is 64.6 Å². The molecule has 1 N–H and O–H groups in total. The van der Waals surface area contributed by atoms with E-state index in [0.29, 0.717) is 6.54 Å². The lowest BCUT2D eigenvalue weighted by Gasteiger charge is -2.44. The minimum atomic E-state index is -0.641. The number of allylic oxidation sites excluding steroid dienone is 1. The van der Waals surface area contributed by atoms with Crippen molar-refractivity contribution < 1.29 is 19.1 Å². The molecule has 0 bridgehead atoms. The van der Waals surface area contributed by atoms with Crippen LogP contribution in [0.25, 0.3) is 0 Å². The molecule has 5 nitrogen and oxygen atoms in total. The molecule has 0 fully saturated rings. The highest BCUT2D eigenvalue weighted by molar-refractivity contribution is 5.82. The van der Waals surface area contributed by atoms with Crippen molar-refractivity contribution in [3.05, 3.63) is 83.6 Å². The Morgan fingerprint density at radius 3 is 2.03 bits per heavy atom. The molecule has 0 amide bonds. The molecule has 0 radical (unpaired) electrons. The average Bonchev–Trinajstić information content (AvgIpc) is 2.77. The zero-order valence-corrected chi connectivity index (χ0v) is 17.9. The maximum absolute atomic E-state index is 13.0. The van der Waals surface area contributed by atoms with Gasteiger partial charge in [-0.25, -0.2) is 0 Å². The van der Waals surface area contributed by atoms with Gasteiger partial charge in [0, 0.05) is 18.2 Å². The molecule has 1 aliphatic rings. The van der Waals surface area contributed by atoms with Crippen LogP contribution < -0.4 is 5.32 Å². The van der Waals surface area contributed by atoms with Crippen molar-refractivity contribution in [2.24, 2.45) is 17.3 Å². The quantitative estimate of drug-likeness (QED) is 0.732. The predicted molar refractivity (Wildman–Crippen MR) is 115 cm³/mol. The molecule has 2 aromatic rings. The zero-order chi connectivity index (χ0) is 21.7. The van der Waals surface area contributed by atoms with Crippen molar-refractivity contribution in [3.63, 3.8) is 0 Å². The van der Waals surface area contributed by atoms with Crippen LogP contribution in [0.4, 0.5) is 0 Å². The summed E-state index contributed by atoms with van der Waals surface area (Å²) < 4.78 is 10.3. The molecule has 3 atom stereocenters. The Balaban J connectivity index is 2.09. The first-order valence-electron chi connectivity index (χ1n) is 10.1. The summed E-state index contributed by atoms with van der Waals surface area (Å²) in [4.78, 5) is 25.9. The van der Waals surface area contributed by atoms with Gasteiger partial charge in [-0.2, -0.15) is 0 Å². The van der Waals surface area contributed by atoms with E-state index >= 15 is 0 Å². The molecule has 0 heterocycles. The second-order valence-corrected chi connectivity index (χ2v) is 8.20. The van der Waals surface area contributed by atoms with Gasteiger partial charge in [0.25, 0.3) is 0 Å². The molecule has 30 heavy (non-hydrogen) atoms. The van der Waals surface area contributed by atoms with Crippen LogP contribution in [0.2, 0.25) is 0 Å². The van der Waals surface area contributed by atoms with Gasteiger partial charge < -0.3 is 14.8 Å². The fraction of sp³-hybridized carbons (Fsp3) is 0.360. The number of methoxy groups -OCH3 is 2. The summed E-state index contributed by atoms with van der Waals surface area (Å²) in [5, 5.41) is 3.44. The third kappa shape index (κ3) is 4.40. The number of hydrogen-bond donors (Lipinski definition) is 1. The summed E-state index contributed by atoms with van der Waals surface area (Å²) in [5.41, 5.74) is 2.25. The van der Waals surface area contributed by atoms with Gasteiger partial charge in [0.15, 0.2) is 0 Å². The Bertz CT molecular complexity index is 905. The summed E-state index contributed by atoms with van der Waals surface area (Å²) in [6.45, 7) is 4.57. The lowest BCUT2D eigenvalue weighted by molar-refractivity contribution is -0.154. The summed E-state index contributed by atoms with van der Waals surface area (Å²) in [6.07, 6.45) is 1.98. The van der Waals surface area contributed by atoms with Crippen molar-refractivity contribution in [1.29, 1.82) is 0 Å². The van der Waals surface area contributed by atoms with E-state index < -0.39 is 23.2 Å². The van der Waals surface area contributed by atoms with Gasteiger partial charge in [-0.15, -0.1) is 0 Å². The molecule has 0 saturated carbocycles. The van der Waals surface area contributed by atoms with E-state index in [9.17, 15) is 9.59 Å². The summed E-state index contributed by atoms with van der Waals surface area (Å²) in [5.74, 6) is -2.29. The molecule has 158 valence electrons. The SMILES string of the molecule is COC(=O)C1C(NCc2ccccc2)=CC(C)(C)C(C(=O)OC)C1c1ccccc1. The Kier molecular flexibility index (Phi) is 6.60. The molecular formula is C25H29NO4. The first kappa shape index (κ1) is 21.6. The van der Waals surface area contributed by atoms with Crippen molar-refractivity contribution in [1.82, 2.24) is 5.32 Å². The minimum Gasteiger partial charge on any atom is -0.469 e. The third-order valence-electron chi connectivity index (χ3n) is 5.82. The van der Waals surface area contributed by atoms with Crippen molar-refractivity contribution in [2.75, 3.05) is 14.2 Å². The second-order valence-electron chi connectivity index (χ2n) is 8.20. The molecular weight excluding hydrogens is 378 g/mol. The maximum Gasteiger partial charge on any atom is 0.315 e. The number of benzene rings is 2. The van der Waals surface area contributed by atoms with Crippen LogP contribution >= 0.6 is 0 Å². The van der Waals surface area contributed by atoms with Crippen molar-refractivity contribution >= 4 is 11.9 Å². The first-order chi connectivity index (χ1) is 14.4. The lowest BCUT2D eigenvalue weighted by Crippen LogP contribution is -2.47. The molecule has 0 saturated heterocycles. The Morgan fingerprint density at radius 1 is 0.900 bits per heavy atom. The van der Waals surface area contributed by atoms with E-state index in [4.69, 9.17) is 9.47 Å². The van der Waals surface area contributed by atoms with Crippen LogP contribution in [0.5, 0.6) is 0 Å². The average molecular weight is 408 g/mol. The van der Waals surface area contributed by atoms with E-state index in [1.807, 2.05) is 80.6 Å². The summed E-state index contributed by atoms with van der Waals surface area (Å²) in [6, 6.07) is 19.6. The van der Waals surface area contributed by atoms with Gasteiger partial charge in [-0.05, 0) is 16.5 Å². The van der Waals surface area contributed by atoms with Crippen LogP contribution in [0.3, 0.4) is 0 Å². The third-order valence-corrected chi connectivity index (χ3v) is 5.82. The van der Waals surface area contributed by atoms with Gasteiger partial charge in [0.05, 0.1) is 20.1 Å². The molecule has 2 aromatic carbocycles. The molecule has 1 aliphatic carbocycles. The van der Waals surface area contributed by atoms with Crippen molar-refractivity contribution in [3.8, 4) is 0 Å². The van der Waals surface area contributed by atoms with Gasteiger partial charge in [0.2, 0.25) is 0 Å². The van der Waals surface area contributed by atoms with Crippen LogP contribution in [0.1, 0.15) is 30.9 Å². The zero-order valence-electron chi connectivity index (χ0n) is 17.9. The Morgan fingerprint density at radius 2 is 1.47 bits per heavy atom. The molecule has 0 aliphatic heterocycles. The Labute approximate surface area is 178 Å². The van der Waals surface area contributed by atoms with Gasteiger partial charge in [-0.3, -0.25) is 9.59 Å². The smallest absolute Gasteiger partial charge is 0.315 e. The molecule has 3 rings (SSSR count). The fourth-order valence-corrected chi connectivity index (χ4v) is 4.43. The van der Waals surface area contributed by atoms with E-state index in [-0.39, 0.29) is 11.9 Å². The molecule has 3 unspecified atom stereocenters. The maximum atomic E-state index is 13.0. The number of carbonyl (C=O) groups is 2.